The quantitative estimate of drug-likeness (QED) is 0.830. The molecule has 0 bridgehead atoms. The van der Waals surface area contributed by atoms with Crippen LogP contribution in [0.3, 0.4) is 0 Å². The number of fused-ring (bicyclic) bond motifs is 1. The average Bonchev–Trinajstić information content (AvgIpc) is 2.81. The second-order valence-electron chi connectivity index (χ2n) is 5.89. The van der Waals surface area contributed by atoms with Gasteiger partial charge in [-0.25, -0.2) is 0 Å². The molecule has 0 atom stereocenters. The molecule has 1 aliphatic rings. The van der Waals surface area contributed by atoms with Gasteiger partial charge in [-0.2, -0.15) is 0 Å². The molecule has 0 radical (unpaired) electrons. The average molecular weight is 258 g/mol. The lowest BCUT2D eigenvalue weighted by atomic mass is 9.95. The molecule has 2 aromatic heterocycles. The summed E-state index contributed by atoms with van der Waals surface area (Å²) < 4.78 is 2.16. The Morgan fingerprint density at radius 3 is 2.63 bits per heavy atom. The van der Waals surface area contributed by atoms with E-state index in [2.05, 4.69) is 58.6 Å². The van der Waals surface area contributed by atoms with Crippen molar-refractivity contribution in [2.45, 2.75) is 45.6 Å². The number of pyridine rings is 1. The summed E-state index contributed by atoms with van der Waals surface area (Å²) >= 11 is 0. The molecule has 102 valence electrons. The highest BCUT2D eigenvalue weighted by molar-refractivity contribution is 5.41. The number of likely N-dealkylation sites (tertiary alicyclic amines) is 1. The predicted octanol–water partition coefficient (Wildman–Crippen LogP) is 2.63. The number of aryl methyl sites for hydroxylation is 1. The monoisotopic (exact) mass is 258 g/mol. The highest BCUT2D eigenvalue weighted by atomic mass is 15.3. The molecule has 4 heteroatoms. The second-order valence-corrected chi connectivity index (χ2v) is 5.89. The topological polar surface area (TPSA) is 33.4 Å². The van der Waals surface area contributed by atoms with Crippen molar-refractivity contribution in [1.29, 1.82) is 0 Å². The maximum atomic E-state index is 4.42. The summed E-state index contributed by atoms with van der Waals surface area (Å²) in [6.07, 6.45) is 4.48. The summed E-state index contributed by atoms with van der Waals surface area (Å²) in [5.74, 6) is 1.69. The van der Waals surface area contributed by atoms with Gasteiger partial charge in [0.05, 0.1) is 0 Å². The number of piperidine rings is 1. The second kappa shape index (κ2) is 4.93. The number of nitrogens with zero attached hydrogens (tertiary/aromatic N) is 4. The van der Waals surface area contributed by atoms with Crippen molar-refractivity contribution < 1.29 is 0 Å². The molecule has 0 aliphatic carbocycles. The smallest absolute Gasteiger partial charge is 0.161 e. The third-order valence-corrected chi connectivity index (χ3v) is 4.22. The molecule has 3 heterocycles. The van der Waals surface area contributed by atoms with Crippen LogP contribution in [0.2, 0.25) is 0 Å². The highest BCUT2D eigenvalue weighted by Crippen LogP contribution is 2.27. The summed E-state index contributed by atoms with van der Waals surface area (Å²) in [6.45, 7) is 8.98. The third kappa shape index (κ3) is 2.37. The SMILES string of the molecule is Cc1ccn2c(C3CCN(C(C)C)CC3)nnc2c1. The number of aromatic nitrogens is 3. The molecule has 0 spiro atoms. The Morgan fingerprint density at radius 1 is 1.21 bits per heavy atom. The Balaban J connectivity index is 1.82. The Morgan fingerprint density at radius 2 is 1.95 bits per heavy atom. The maximum absolute atomic E-state index is 4.42. The van der Waals surface area contributed by atoms with Gasteiger partial charge >= 0.3 is 0 Å². The summed E-state index contributed by atoms with van der Waals surface area (Å²) in [7, 11) is 0. The molecular weight excluding hydrogens is 236 g/mol. The molecule has 0 amide bonds. The van der Waals surface area contributed by atoms with Gasteiger partial charge in [0.15, 0.2) is 5.65 Å². The van der Waals surface area contributed by atoms with Crippen LogP contribution in [-0.4, -0.2) is 38.6 Å². The van der Waals surface area contributed by atoms with Gasteiger partial charge in [0.1, 0.15) is 5.82 Å². The van der Waals surface area contributed by atoms with Gasteiger partial charge in [-0.05, 0) is 64.4 Å². The van der Waals surface area contributed by atoms with Crippen LogP contribution in [0.25, 0.3) is 5.65 Å². The van der Waals surface area contributed by atoms with Gasteiger partial charge in [-0.1, -0.05) is 0 Å². The van der Waals surface area contributed by atoms with E-state index in [0.717, 1.165) is 11.5 Å². The van der Waals surface area contributed by atoms with Crippen molar-refractivity contribution in [3.63, 3.8) is 0 Å². The van der Waals surface area contributed by atoms with Crippen molar-refractivity contribution >= 4 is 5.65 Å². The standard InChI is InChI=1S/C15H22N4/c1-11(2)18-7-5-13(6-8-18)15-17-16-14-10-12(3)4-9-19(14)15/h4,9-11,13H,5-8H2,1-3H3. The van der Waals surface area contributed by atoms with Gasteiger partial charge in [-0.3, -0.25) is 4.40 Å². The van der Waals surface area contributed by atoms with E-state index in [-0.39, 0.29) is 0 Å². The fraction of sp³-hybridized carbons (Fsp3) is 0.600. The van der Waals surface area contributed by atoms with Crippen LogP contribution in [0.1, 0.15) is 44.0 Å². The molecule has 0 aromatic carbocycles. The van der Waals surface area contributed by atoms with E-state index in [0.29, 0.717) is 12.0 Å². The van der Waals surface area contributed by atoms with Crippen LogP contribution in [0.4, 0.5) is 0 Å². The number of rotatable bonds is 2. The molecule has 1 aliphatic heterocycles. The van der Waals surface area contributed by atoms with E-state index < -0.39 is 0 Å². The molecule has 3 rings (SSSR count). The first kappa shape index (κ1) is 12.6. The van der Waals surface area contributed by atoms with Crippen molar-refractivity contribution in [3.8, 4) is 0 Å². The minimum Gasteiger partial charge on any atom is -0.301 e. The van der Waals surface area contributed by atoms with Crippen LogP contribution < -0.4 is 0 Å². The lowest BCUT2D eigenvalue weighted by Gasteiger charge is -2.33. The molecule has 0 N–H and O–H groups in total. The minimum absolute atomic E-state index is 0.549. The van der Waals surface area contributed by atoms with Crippen LogP contribution in [-0.2, 0) is 0 Å². The lowest BCUT2D eigenvalue weighted by molar-refractivity contribution is 0.169. The first-order chi connectivity index (χ1) is 9.15. The normalized spacial score (nSPS) is 18.5. The van der Waals surface area contributed by atoms with E-state index in [9.17, 15) is 0 Å². The van der Waals surface area contributed by atoms with Crippen molar-refractivity contribution in [3.05, 3.63) is 29.7 Å². The predicted molar refractivity (Wildman–Crippen MR) is 76.4 cm³/mol. The van der Waals surface area contributed by atoms with E-state index in [4.69, 9.17) is 0 Å². The van der Waals surface area contributed by atoms with Gasteiger partial charge < -0.3 is 4.90 Å². The fourth-order valence-corrected chi connectivity index (χ4v) is 2.96. The zero-order chi connectivity index (χ0) is 13.4. The van der Waals surface area contributed by atoms with E-state index in [1.54, 1.807) is 0 Å². The Bertz CT molecular complexity index is 565. The van der Waals surface area contributed by atoms with E-state index in [1.807, 2.05) is 0 Å². The van der Waals surface area contributed by atoms with Crippen LogP contribution >= 0.6 is 0 Å². The highest BCUT2D eigenvalue weighted by Gasteiger charge is 2.25. The summed E-state index contributed by atoms with van der Waals surface area (Å²) in [5.41, 5.74) is 2.21. The lowest BCUT2D eigenvalue weighted by Crippen LogP contribution is -2.38. The van der Waals surface area contributed by atoms with Crippen LogP contribution in [0, 0.1) is 6.92 Å². The van der Waals surface area contributed by atoms with E-state index in [1.165, 1.54) is 31.5 Å². The van der Waals surface area contributed by atoms with Gasteiger partial charge in [0.25, 0.3) is 0 Å². The summed E-state index contributed by atoms with van der Waals surface area (Å²) in [5, 5.41) is 8.73. The third-order valence-electron chi connectivity index (χ3n) is 4.22. The Labute approximate surface area is 114 Å². The Kier molecular flexibility index (Phi) is 3.27. The molecule has 2 aromatic rings. The van der Waals surface area contributed by atoms with Crippen molar-refractivity contribution in [1.82, 2.24) is 19.5 Å². The van der Waals surface area contributed by atoms with Gasteiger partial charge in [-0.15, -0.1) is 10.2 Å². The van der Waals surface area contributed by atoms with E-state index >= 15 is 0 Å². The molecule has 0 unspecified atom stereocenters. The fourth-order valence-electron chi connectivity index (χ4n) is 2.96. The minimum atomic E-state index is 0.549. The summed E-state index contributed by atoms with van der Waals surface area (Å²) in [4.78, 5) is 2.55. The van der Waals surface area contributed by atoms with Gasteiger partial charge in [0.2, 0.25) is 0 Å². The molecule has 1 saturated heterocycles. The summed E-state index contributed by atoms with van der Waals surface area (Å²) in [6, 6.07) is 4.88. The zero-order valence-electron chi connectivity index (χ0n) is 12.0. The maximum Gasteiger partial charge on any atom is 0.161 e. The largest absolute Gasteiger partial charge is 0.301 e. The zero-order valence-corrected chi connectivity index (χ0v) is 12.0. The van der Waals surface area contributed by atoms with Gasteiger partial charge in [0, 0.05) is 18.2 Å². The van der Waals surface area contributed by atoms with Crippen molar-refractivity contribution in [2.24, 2.45) is 0 Å². The molecule has 19 heavy (non-hydrogen) atoms. The van der Waals surface area contributed by atoms with Crippen LogP contribution in [0.15, 0.2) is 18.3 Å². The molecular formula is C15H22N4. The van der Waals surface area contributed by atoms with Crippen LogP contribution in [0.5, 0.6) is 0 Å². The number of hydrogen-bond donors (Lipinski definition) is 0. The Hall–Kier alpha value is -1.42. The molecule has 4 nitrogen and oxygen atoms in total. The first-order valence-electron chi connectivity index (χ1n) is 7.20. The van der Waals surface area contributed by atoms with Crippen molar-refractivity contribution in [2.75, 3.05) is 13.1 Å². The first-order valence-corrected chi connectivity index (χ1v) is 7.20. The number of hydrogen-bond acceptors (Lipinski definition) is 3. The molecule has 0 saturated carbocycles. The molecule has 1 fully saturated rings.